The van der Waals surface area contributed by atoms with E-state index in [1.54, 1.807) is 0 Å². The fourth-order valence-corrected chi connectivity index (χ4v) is 1.70. The summed E-state index contributed by atoms with van der Waals surface area (Å²) in [6.07, 6.45) is 1.17. The Morgan fingerprint density at radius 2 is 1.93 bits per heavy atom. The standard InChI is InChI=1S/C13H22N2/c1-3-12(2)15(10-9-14)11-13-7-5-4-6-8-13/h4-8,12H,3,9-11,14H2,1-2H3. The van der Waals surface area contributed by atoms with Gasteiger partial charge in [-0.3, -0.25) is 4.90 Å². The maximum absolute atomic E-state index is 5.63. The molecule has 0 saturated heterocycles. The highest BCUT2D eigenvalue weighted by molar-refractivity contribution is 5.14. The summed E-state index contributed by atoms with van der Waals surface area (Å²) in [5.74, 6) is 0. The van der Waals surface area contributed by atoms with Crippen LogP contribution in [0.4, 0.5) is 0 Å². The highest BCUT2D eigenvalue weighted by atomic mass is 15.1. The molecule has 0 radical (unpaired) electrons. The number of rotatable bonds is 6. The molecule has 15 heavy (non-hydrogen) atoms. The maximum Gasteiger partial charge on any atom is 0.0237 e. The zero-order chi connectivity index (χ0) is 11.1. The summed E-state index contributed by atoms with van der Waals surface area (Å²) in [6, 6.07) is 11.2. The summed E-state index contributed by atoms with van der Waals surface area (Å²) in [5, 5.41) is 0. The summed E-state index contributed by atoms with van der Waals surface area (Å²) >= 11 is 0. The van der Waals surface area contributed by atoms with E-state index in [1.165, 1.54) is 12.0 Å². The van der Waals surface area contributed by atoms with Crippen LogP contribution in [0, 0.1) is 0 Å². The molecule has 0 aromatic heterocycles. The quantitative estimate of drug-likeness (QED) is 0.773. The molecule has 2 nitrogen and oxygen atoms in total. The van der Waals surface area contributed by atoms with Gasteiger partial charge in [-0.25, -0.2) is 0 Å². The van der Waals surface area contributed by atoms with Gasteiger partial charge in [0.25, 0.3) is 0 Å². The largest absolute Gasteiger partial charge is 0.329 e. The van der Waals surface area contributed by atoms with E-state index in [9.17, 15) is 0 Å². The second kappa shape index (κ2) is 6.59. The topological polar surface area (TPSA) is 29.3 Å². The molecule has 0 aliphatic heterocycles. The fourth-order valence-electron chi connectivity index (χ4n) is 1.70. The van der Waals surface area contributed by atoms with Crippen molar-refractivity contribution in [3.05, 3.63) is 35.9 Å². The van der Waals surface area contributed by atoms with Gasteiger partial charge in [0, 0.05) is 25.7 Å². The Morgan fingerprint density at radius 3 is 2.47 bits per heavy atom. The van der Waals surface area contributed by atoms with E-state index in [4.69, 9.17) is 5.73 Å². The van der Waals surface area contributed by atoms with Crippen molar-refractivity contribution in [2.45, 2.75) is 32.9 Å². The molecule has 84 valence electrons. The van der Waals surface area contributed by atoms with Crippen molar-refractivity contribution in [3.8, 4) is 0 Å². The van der Waals surface area contributed by atoms with Crippen LogP contribution in [-0.4, -0.2) is 24.0 Å². The predicted octanol–water partition coefficient (Wildman–Crippen LogP) is 2.25. The molecule has 0 fully saturated rings. The SMILES string of the molecule is CCC(C)N(CCN)Cc1ccccc1. The minimum absolute atomic E-state index is 0.605. The van der Waals surface area contributed by atoms with E-state index in [0.29, 0.717) is 6.04 Å². The first kappa shape index (κ1) is 12.2. The van der Waals surface area contributed by atoms with Crippen LogP contribution < -0.4 is 5.73 Å². The van der Waals surface area contributed by atoms with Crippen molar-refractivity contribution < 1.29 is 0 Å². The molecule has 2 heteroatoms. The predicted molar refractivity (Wildman–Crippen MR) is 65.7 cm³/mol. The van der Waals surface area contributed by atoms with E-state index in [1.807, 2.05) is 0 Å². The molecule has 0 amide bonds. The highest BCUT2D eigenvalue weighted by Crippen LogP contribution is 2.09. The van der Waals surface area contributed by atoms with Crippen LogP contribution in [-0.2, 0) is 6.54 Å². The van der Waals surface area contributed by atoms with Gasteiger partial charge in [-0.15, -0.1) is 0 Å². The minimum atomic E-state index is 0.605. The Balaban J connectivity index is 2.58. The Morgan fingerprint density at radius 1 is 1.27 bits per heavy atom. The third-order valence-electron chi connectivity index (χ3n) is 2.86. The number of hydrogen-bond donors (Lipinski definition) is 1. The first-order valence-corrected chi connectivity index (χ1v) is 5.76. The first-order valence-electron chi connectivity index (χ1n) is 5.76. The molecule has 0 aliphatic rings. The Bertz CT molecular complexity index is 258. The molecule has 1 aromatic rings. The normalized spacial score (nSPS) is 13.1. The van der Waals surface area contributed by atoms with Gasteiger partial charge in [-0.2, -0.15) is 0 Å². The Hall–Kier alpha value is -0.860. The number of nitrogens with two attached hydrogens (primary N) is 1. The molecule has 0 aliphatic carbocycles. The smallest absolute Gasteiger partial charge is 0.0237 e. The molecule has 0 bridgehead atoms. The van der Waals surface area contributed by atoms with Gasteiger partial charge < -0.3 is 5.73 Å². The van der Waals surface area contributed by atoms with Gasteiger partial charge in [0.15, 0.2) is 0 Å². The van der Waals surface area contributed by atoms with Gasteiger partial charge >= 0.3 is 0 Å². The minimum Gasteiger partial charge on any atom is -0.329 e. The van der Waals surface area contributed by atoms with Gasteiger partial charge in [-0.1, -0.05) is 37.3 Å². The molecule has 0 heterocycles. The number of benzene rings is 1. The molecule has 1 unspecified atom stereocenters. The van der Waals surface area contributed by atoms with Crippen molar-refractivity contribution in [1.29, 1.82) is 0 Å². The van der Waals surface area contributed by atoms with Crippen LogP contribution in [0.15, 0.2) is 30.3 Å². The summed E-state index contributed by atoms with van der Waals surface area (Å²) in [7, 11) is 0. The van der Waals surface area contributed by atoms with Gasteiger partial charge in [0.1, 0.15) is 0 Å². The van der Waals surface area contributed by atoms with Crippen LogP contribution >= 0.6 is 0 Å². The van der Waals surface area contributed by atoms with Crippen LogP contribution in [0.1, 0.15) is 25.8 Å². The lowest BCUT2D eigenvalue weighted by atomic mass is 10.1. The summed E-state index contributed by atoms with van der Waals surface area (Å²) in [5.41, 5.74) is 7.00. The van der Waals surface area contributed by atoms with Crippen molar-refractivity contribution >= 4 is 0 Å². The Labute approximate surface area is 93.1 Å². The molecule has 1 atom stereocenters. The highest BCUT2D eigenvalue weighted by Gasteiger charge is 2.10. The molecule has 2 N–H and O–H groups in total. The molecule has 1 rings (SSSR count). The van der Waals surface area contributed by atoms with Crippen LogP contribution in [0.5, 0.6) is 0 Å². The third-order valence-corrected chi connectivity index (χ3v) is 2.86. The summed E-state index contributed by atoms with van der Waals surface area (Å²) in [6.45, 7) is 7.20. The van der Waals surface area contributed by atoms with Crippen molar-refractivity contribution in [1.82, 2.24) is 4.90 Å². The van der Waals surface area contributed by atoms with Gasteiger partial charge in [-0.05, 0) is 18.9 Å². The lowest BCUT2D eigenvalue weighted by Crippen LogP contribution is -2.36. The first-order chi connectivity index (χ1) is 7.27. The lowest BCUT2D eigenvalue weighted by molar-refractivity contribution is 0.201. The molecule has 0 spiro atoms. The molecule has 0 saturated carbocycles. The van der Waals surface area contributed by atoms with Crippen molar-refractivity contribution in [3.63, 3.8) is 0 Å². The second-order valence-corrected chi connectivity index (χ2v) is 4.00. The average molecular weight is 206 g/mol. The van der Waals surface area contributed by atoms with E-state index >= 15 is 0 Å². The van der Waals surface area contributed by atoms with Crippen molar-refractivity contribution in [2.75, 3.05) is 13.1 Å². The molecular weight excluding hydrogens is 184 g/mol. The van der Waals surface area contributed by atoms with Gasteiger partial charge in [0.05, 0.1) is 0 Å². The van der Waals surface area contributed by atoms with Crippen LogP contribution in [0.3, 0.4) is 0 Å². The van der Waals surface area contributed by atoms with E-state index in [2.05, 4.69) is 49.1 Å². The second-order valence-electron chi connectivity index (χ2n) is 4.00. The average Bonchev–Trinajstić information content (AvgIpc) is 2.29. The third kappa shape index (κ3) is 4.02. The van der Waals surface area contributed by atoms with Crippen LogP contribution in [0.2, 0.25) is 0 Å². The van der Waals surface area contributed by atoms with Crippen molar-refractivity contribution in [2.24, 2.45) is 5.73 Å². The fraction of sp³-hybridized carbons (Fsp3) is 0.538. The molecular formula is C13H22N2. The van der Waals surface area contributed by atoms with E-state index in [0.717, 1.165) is 19.6 Å². The Kier molecular flexibility index (Phi) is 5.37. The van der Waals surface area contributed by atoms with Crippen LogP contribution in [0.25, 0.3) is 0 Å². The number of hydrogen-bond acceptors (Lipinski definition) is 2. The monoisotopic (exact) mass is 206 g/mol. The zero-order valence-corrected chi connectivity index (χ0v) is 9.82. The maximum atomic E-state index is 5.63. The van der Waals surface area contributed by atoms with E-state index < -0.39 is 0 Å². The lowest BCUT2D eigenvalue weighted by Gasteiger charge is -2.27. The van der Waals surface area contributed by atoms with Gasteiger partial charge in [0.2, 0.25) is 0 Å². The number of nitrogens with zero attached hydrogens (tertiary/aromatic N) is 1. The summed E-state index contributed by atoms with van der Waals surface area (Å²) in [4.78, 5) is 2.44. The zero-order valence-electron chi connectivity index (χ0n) is 9.82. The molecule has 1 aromatic carbocycles. The van der Waals surface area contributed by atoms with E-state index in [-0.39, 0.29) is 0 Å². The summed E-state index contributed by atoms with van der Waals surface area (Å²) < 4.78 is 0.